The van der Waals surface area contributed by atoms with Gasteiger partial charge in [0.15, 0.2) is 0 Å². The van der Waals surface area contributed by atoms with Gasteiger partial charge in [-0.25, -0.2) is 0 Å². The van der Waals surface area contributed by atoms with E-state index in [-0.39, 0.29) is 0 Å². The largest absolute Gasteiger partial charge is 0.103 e. The molecular formula is C17H18. The average molecular weight is 222 g/mol. The minimum Gasteiger partial charge on any atom is -0.103 e. The van der Waals surface area contributed by atoms with Crippen LogP contribution in [0.5, 0.6) is 0 Å². The third-order valence-corrected chi connectivity index (χ3v) is 2.07. The van der Waals surface area contributed by atoms with E-state index in [1.165, 1.54) is 11.1 Å². The van der Waals surface area contributed by atoms with Crippen molar-refractivity contribution < 1.29 is 0 Å². The summed E-state index contributed by atoms with van der Waals surface area (Å²) in [6, 6.07) is 20.6. The fourth-order valence-electron chi connectivity index (χ4n) is 1.32. The van der Waals surface area contributed by atoms with Gasteiger partial charge >= 0.3 is 0 Å². The van der Waals surface area contributed by atoms with E-state index in [1.807, 2.05) is 43.3 Å². The second-order valence-electron chi connectivity index (χ2n) is 3.56. The maximum absolute atomic E-state index is 3.36. The zero-order valence-corrected chi connectivity index (χ0v) is 10.2. The van der Waals surface area contributed by atoms with E-state index in [2.05, 4.69) is 43.0 Å². The van der Waals surface area contributed by atoms with Crippen molar-refractivity contribution >= 4 is 12.2 Å². The smallest absolute Gasteiger partial charge is 0.0256 e. The minimum absolute atomic E-state index is 1.23. The van der Waals surface area contributed by atoms with E-state index in [9.17, 15) is 0 Å². The van der Waals surface area contributed by atoms with Crippen molar-refractivity contribution in [3.63, 3.8) is 0 Å². The van der Waals surface area contributed by atoms with Crippen LogP contribution in [0.1, 0.15) is 18.1 Å². The Morgan fingerprint density at radius 3 is 1.29 bits per heavy atom. The van der Waals surface area contributed by atoms with Crippen LogP contribution >= 0.6 is 0 Å². The number of hydrogen-bond donors (Lipinski definition) is 0. The Labute approximate surface area is 104 Å². The summed E-state index contributed by atoms with van der Waals surface area (Å²) >= 11 is 0. The quantitative estimate of drug-likeness (QED) is 0.492. The zero-order chi connectivity index (χ0) is 12.3. The molecule has 0 saturated heterocycles. The summed E-state index contributed by atoms with van der Waals surface area (Å²) in [5, 5.41) is 0. The normalized spacial score (nSPS) is 9.47. The molecular weight excluding hydrogens is 204 g/mol. The Hall–Kier alpha value is -2.08. The van der Waals surface area contributed by atoms with Crippen LogP contribution < -0.4 is 0 Å². The van der Waals surface area contributed by atoms with Gasteiger partial charge in [-0.2, -0.15) is 0 Å². The highest BCUT2D eigenvalue weighted by Gasteiger charge is 1.84. The van der Waals surface area contributed by atoms with E-state index < -0.39 is 0 Å². The van der Waals surface area contributed by atoms with Gasteiger partial charge in [0.25, 0.3) is 0 Å². The topological polar surface area (TPSA) is 0 Å². The van der Waals surface area contributed by atoms with Crippen molar-refractivity contribution in [2.24, 2.45) is 0 Å². The van der Waals surface area contributed by atoms with Crippen LogP contribution in [0.15, 0.2) is 73.3 Å². The van der Waals surface area contributed by atoms with Crippen LogP contribution in [0.4, 0.5) is 0 Å². The molecule has 0 heteroatoms. The molecule has 0 aliphatic carbocycles. The Bertz CT molecular complexity index is 396. The highest BCUT2D eigenvalue weighted by atomic mass is 13.9. The highest BCUT2D eigenvalue weighted by molar-refractivity contribution is 5.69. The summed E-state index contributed by atoms with van der Waals surface area (Å²) in [7, 11) is 0. The molecule has 0 aromatic heterocycles. The van der Waals surface area contributed by atoms with E-state index >= 15 is 0 Å². The van der Waals surface area contributed by atoms with Gasteiger partial charge in [0.05, 0.1) is 0 Å². The first kappa shape index (κ1) is 13.0. The molecule has 0 spiro atoms. The van der Waals surface area contributed by atoms with E-state index in [0.717, 1.165) is 0 Å². The van der Waals surface area contributed by atoms with Crippen molar-refractivity contribution in [1.29, 1.82) is 0 Å². The Kier molecular flexibility index (Phi) is 6.20. The molecule has 0 nitrogen and oxygen atoms in total. The monoisotopic (exact) mass is 222 g/mol. The molecule has 0 saturated carbocycles. The fraction of sp³-hybridized carbons (Fsp3) is 0.0588. The lowest BCUT2D eigenvalue weighted by atomic mass is 10.1. The zero-order valence-electron chi connectivity index (χ0n) is 10.2. The van der Waals surface area contributed by atoms with Crippen molar-refractivity contribution in [1.82, 2.24) is 0 Å². The van der Waals surface area contributed by atoms with E-state index in [0.29, 0.717) is 0 Å². The lowest BCUT2D eigenvalue weighted by Crippen LogP contribution is -1.70. The highest BCUT2D eigenvalue weighted by Crippen LogP contribution is 2.06. The van der Waals surface area contributed by atoms with Gasteiger partial charge in [0.2, 0.25) is 0 Å². The van der Waals surface area contributed by atoms with Gasteiger partial charge in [0.1, 0.15) is 0 Å². The first-order valence-corrected chi connectivity index (χ1v) is 5.72. The third-order valence-electron chi connectivity index (χ3n) is 2.07. The average Bonchev–Trinajstić information content (AvgIpc) is 2.40. The number of allylic oxidation sites excluding steroid dienone is 1. The summed E-state index contributed by atoms with van der Waals surface area (Å²) in [4.78, 5) is 0. The summed E-state index contributed by atoms with van der Waals surface area (Å²) in [5.74, 6) is 0. The summed E-state index contributed by atoms with van der Waals surface area (Å²) in [6.07, 6.45) is 5.99. The molecule has 0 radical (unpaired) electrons. The first-order chi connectivity index (χ1) is 8.36. The molecule has 2 rings (SSSR count). The van der Waals surface area contributed by atoms with Crippen LogP contribution in [0.3, 0.4) is 0 Å². The molecule has 2 aromatic rings. The van der Waals surface area contributed by atoms with Gasteiger partial charge in [-0.1, -0.05) is 78.9 Å². The van der Waals surface area contributed by atoms with Gasteiger partial charge < -0.3 is 0 Å². The molecule has 0 fully saturated rings. The van der Waals surface area contributed by atoms with Crippen LogP contribution in [0.2, 0.25) is 0 Å². The molecule has 0 atom stereocenters. The van der Waals surface area contributed by atoms with Crippen LogP contribution in [-0.4, -0.2) is 0 Å². The van der Waals surface area contributed by atoms with Gasteiger partial charge in [0, 0.05) is 0 Å². The summed E-state index contributed by atoms with van der Waals surface area (Å²) in [6.45, 7) is 5.25. The fourth-order valence-corrected chi connectivity index (χ4v) is 1.32. The molecule has 0 bridgehead atoms. The molecule has 86 valence electrons. The first-order valence-electron chi connectivity index (χ1n) is 5.72. The van der Waals surface area contributed by atoms with Crippen molar-refractivity contribution in [3.05, 3.63) is 84.4 Å². The maximum Gasteiger partial charge on any atom is -0.0256 e. The van der Waals surface area contributed by atoms with Gasteiger partial charge in [-0.3, -0.25) is 0 Å². The molecule has 0 aliphatic heterocycles. The standard InChI is InChI=1S/C14H12.C3H6/c1-3-7-13(8-4-1)11-12-14-9-5-2-6-10-14;1-3-2/h1-12H;3H,1H2,2H3. The minimum atomic E-state index is 1.23. The Morgan fingerprint density at radius 2 is 1.00 bits per heavy atom. The van der Waals surface area contributed by atoms with E-state index in [4.69, 9.17) is 0 Å². The predicted octanol–water partition coefficient (Wildman–Crippen LogP) is 5.05. The molecule has 17 heavy (non-hydrogen) atoms. The molecule has 2 aromatic carbocycles. The number of benzene rings is 2. The van der Waals surface area contributed by atoms with Gasteiger partial charge in [-0.15, -0.1) is 6.58 Å². The van der Waals surface area contributed by atoms with Crippen LogP contribution in [0.25, 0.3) is 12.2 Å². The molecule has 0 aliphatic rings. The molecule has 0 unspecified atom stereocenters. The lowest BCUT2D eigenvalue weighted by Gasteiger charge is -1.92. The van der Waals surface area contributed by atoms with Crippen molar-refractivity contribution in [3.8, 4) is 0 Å². The lowest BCUT2D eigenvalue weighted by molar-refractivity contribution is 1.65. The SMILES string of the molecule is C(=Cc1ccccc1)c1ccccc1.C=CC. The number of hydrogen-bond acceptors (Lipinski definition) is 0. The Balaban J connectivity index is 0.000000437. The third kappa shape index (κ3) is 5.53. The second-order valence-corrected chi connectivity index (χ2v) is 3.56. The van der Waals surface area contributed by atoms with E-state index in [1.54, 1.807) is 6.08 Å². The maximum atomic E-state index is 3.36. The van der Waals surface area contributed by atoms with Crippen LogP contribution in [-0.2, 0) is 0 Å². The summed E-state index contributed by atoms with van der Waals surface area (Å²) < 4.78 is 0. The second kappa shape index (κ2) is 8.12. The van der Waals surface area contributed by atoms with Crippen molar-refractivity contribution in [2.45, 2.75) is 6.92 Å². The number of rotatable bonds is 2. The van der Waals surface area contributed by atoms with Crippen LogP contribution in [0, 0.1) is 0 Å². The predicted molar refractivity (Wildman–Crippen MR) is 77.7 cm³/mol. The molecule has 0 amide bonds. The molecule has 0 heterocycles. The summed E-state index contributed by atoms with van der Waals surface area (Å²) in [5.41, 5.74) is 2.47. The molecule has 0 N–H and O–H groups in total. The van der Waals surface area contributed by atoms with Crippen molar-refractivity contribution in [2.75, 3.05) is 0 Å². The Morgan fingerprint density at radius 1 is 0.706 bits per heavy atom. The van der Waals surface area contributed by atoms with Gasteiger partial charge in [-0.05, 0) is 18.1 Å².